The number of aromatic nitrogens is 2. The van der Waals surface area contributed by atoms with Crippen molar-refractivity contribution in [3.8, 4) is 0 Å². The monoisotopic (exact) mass is 321 g/mol. The summed E-state index contributed by atoms with van der Waals surface area (Å²) in [6, 6.07) is 7.78. The molecule has 2 rings (SSSR count). The molecule has 0 aliphatic heterocycles. The molecule has 0 bridgehead atoms. The third kappa shape index (κ3) is 3.96. The highest BCUT2D eigenvalue weighted by atomic mass is 35.5. The van der Waals surface area contributed by atoms with Gasteiger partial charge in [-0.15, -0.1) is 0 Å². The second-order valence-corrected chi connectivity index (χ2v) is 6.80. The lowest BCUT2D eigenvalue weighted by molar-refractivity contribution is 0.716. The summed E-state index contributed by atoms with van der Waals surface area (Å²) in [5, 5.41) is 1.55. The van der Waals surface area contributed by atoms with Gasteiger partial charge in [-0.3, -0.25) is 0 Å². The van der Waals surface area contributed by atoms with Crippen molar-refractivity contribution in [3.05, 3.63) is 51.8 Å². The summed E-state index contributed by atoms with van der Waals surface area (Å²) in [6.45, 7) is 8.05. The minimum atomic E-state index is -0.0287. The molecule has 0 radical (unpaired) electrons. The van der Waals surface area contributed by atoms with Crippen molar-refractivity contribution >= 4 is 23.4 Å². The second-order valence-electron chi connectivity index (χ2n) is 5.25. The van der Waals surface area contributed by atoms with Crippen LogP contribution < -0.4 is 5.73 Å². The first kappa shape index (κ1) is 16.3. The van der Waals surface area contributed by atoms with Gasteiger partial charge in [0.15, 0.2) is 5.16 Å². The summed E-state index contributed by atoms with van der Waals surface area (Å²) < 4.78 is 0. The molecule has 0 aliphatic rings. The van der Waals surface area contributed by atoms with E-state index < -0.39 is 0 Å². The standard InChI is InChI=1S/C16H20ClN3S/c1-9-11(3)19-16(20-12(9)4)21-15(10(2)18)13-6-5-7-14(17)8-13/h5-8,10,15H,18H2,1-4H3. The van der Waals surface area contributed by atoms with Gasteiger partial charge in [0.2, 0.25) is 0 Å². The SMILES string of the molecule is Cc1nc(SC(c2cccc(Cl)c2)C(C)N)nc(C)c1C. The van der Waals surface area contributed by atoms with Gasteiger partial charge >= 0.3 is 0 Å². The van der Waals surface area contributed by atoms with Gasteiger partial charge in [0.25, 0.3) is 0 Å². The number of rotatable bonds is 4. The number of benzene rings is 1. The van der Waals surface area contributed by atoms with E-state index in [1.807, 2.05) is 52.0 Å². The first-order valence-electron chi connectivity index (χ1n) is 6.88. The van der Waals surface area contributed by atoms with Crippen LogP contribution in [0.4, 0.5) is 0 Å². The summed E-state index contributed by atoms with van der Waals surface area (Å²) >= 11 is 7.68. The zero-order valence-corrected chi connectivity index (χ0v) is 14.3. The van der Waals surface area contributed by atoms with E-state index in [9.17, 15) is 0 Å². The van der Waals surface area contributed by atoms with E-state index in [1.165, 1.54) is 0 Å². The highest BCUT2D eigenvalue weighted by Crippen LogP contribution is 2.36. The first-order chi connectivity index (χ1) is 9.88. The van der Waals surface area contributed by atoms with E-state index in [4.69, 9.17) is 17.3 Å². The number of hydrogen-bond acceptors (Lipinski definition) is 4. The average molecular weight is 322 g/mol. The lowest BCUT2D eigenvalue weighted by Crippen LogP contribution is -2.23. The molecule has 21 heavy (non-hydrogen) atoms. The van der Waals surface area contributed by atoms with Crippen molar-refractivity contribution in [1.82, 2.24) is 9.97 Å². The fourth-order valence-corrected chi connectivity index (χ4v) is 3.37. The molecule has 112 valence electrons. The van der Waals surface area contributed by atoms with E-state index in [0.717, 1.165) is 32.7 Å². The van der Waals surface area contributed by atoms with Crippen LogP contribution >= 0.6 is 23.4 Å². The molecule has 2 aromatic rings. The molecule has 1 heterocycles. The number of aryl methyl sites for hydroxylation is 2. The zero-order chi connectivity index (χ0) is 15.6. The van der Waals surface area contributed by atoms with Gasteiger partial charge in [0.05, 0.1) is 5.25 Å². The Morgan fingerprint density at radius 1 is 1.14 bits per heavy atom. The molecule has 0 saturated carbocycles. The fraction of sp³-hybridized carbons (Fsp3) is 0.375. The van der Waals surface area contributed by atoms with Gasteiger partial charge in [0.1, 0.15) is 0 Å². The molecule has 1 aromatic heterocycles. The molecule has 0 amide bonds. The Balaban J connectivity index is 2.33. The van der Waals surface area contributed by atoms with Crippen LogP contribution in [0.25, 0.3) is 0 Å². The van der Waals surface area contributed by atoms with Crippen molar-refractivity contribution in [1.29, 1.82) is 0 Å². The van der Waals surface area contributed by atoms with E-state index >= 15 is 0 Å². The summed E-state index contributed by atoms with van der Waals surface area (Å²) in [5.41, 5.74) is 10.4. The van der Waals surface area contributed by atoms with Crippen molar-refractivity contribution in [3.63, 3.8) is 0 Å². The van der Waals surface area contributed by atoms with Crippen LogP contribution in [-0.4, -0.2) is 16.0 Å². The predicted octanol–water partition coefficient (Wildman–Crippen LogP) is 4.24. The number of nitrogens with zero attached hydrogens (tertiary/aromatic N) is 2. The molecule has 0 saturated heterocycles. The van der Waals surface area contributed by atoms with Crippen LogP contribution in [0.5, 0.6) is 0 Å². The van der Waals surface area contributed by atoms with Gasteiger partial charge in [-0.1, -0.05) is 35.5 Å². The Bertz CT molecular complexity index is 620. The van der Waals surface area contributed by atoms with Gasteiger partial charge in [0, 0.05) is 22.5 Å². The normalized spacial score (nSPS) is 14.0. The van der Waals surface area contributed by atoms with E-state index in [0.29, 0.717) is 0 Å². The van der Waals surface area contributed by atoms with Crippen molar-refractivity contribution in [2.75, 3.05) is 0 Å². The molecule has 1 aromatic carbocycles. The minimum absolute atomic E-state index is 0.0287. The number of thioether (sulfide) groups is 1. The van der Waals surface area contributed by atoms with Crippen molar-refractivity contribution < 1.29 is 0 Å². The van der Waals surface area contributed by atoms with E-state index in [-0.39, 0.29) is 11.3 Å². The highest BCUT2D eigenvalue weighted by molar-refractivity contribution is 7.99. The maximum Gasteiger partial charge on any atom is 0.188 e. The Morgan fingerprint density at radius 3 is 2.29 bits per heavy atom. The minimum Gasteiger partial charge on any atom is -0.327 e. The van der Waals surface area contributed by atoms with E-state index in [2.05, 4.69) is 9.97 Å². The van der Waals surface area contributed by atoms with E-state index in [1.54, 1.807) is 11.8 Å². The lowest BCUT2D eigenvalue weighted by atomic mass is 10.1. The van der Waals surface area contributed by atoms with Gasteiger partial charge < -0.3 is 5.73 Å². The Hall–Kier alpha value is -1.10. The van der Waals surface area contributed by atoms with Crippen LogP contribution in [-0.2, 0) is 0 Å². The highest BCUT2D eigenvalue weighted by Gasteiger charge is 2.20. The largest absolute Gasteiger partial charge is 0.327 e. The predicted molar refractivity (Wildman–Crippen MR) is 89.9 cm³/mol. The summed E-state index contributed by atoms with van der Waals surface area (Å²) in [4.78, 5) is 9.13. The molecule has 5 heteroatoms. The van der Waals surface area contributed by atoms with Gasteiger partial charge in [-0.2, -0.15) is 0 Å². The van der Waals surface area contributed by atoms with Crippen LogP contribution in [0.15, 0.2) is 29.4 Å². The lowest BCUT2D eigenvalue weighted by Gasteiger charge is -2.20. The molecule has 2 atom stereocenters. The van der Waals surface area contributed by atoms with Crippen molar-refractivity contribution in [2.45, 2.75) is 44.1 Å². The van der Waals surface area contributed by atoms with Gasteiger partial charge in [-0.05, 0) is 51.0 Å². The second kappa shape index (κ2) is 6.77. The maximum absolute atomic E-state index is 6.15. The third-order valence-corrected chi connectivity index (χ3v) is 5.08. The Kier molecular flexibility index (Phi) is 5.25. The molecular weight excluding hydrogens is 302 g/mol. The third-order valence-electron chi connectivity index (χ3n) is 3.50. The topological polar surface area (TPSA) is 51.8 Å². The summed E-state index contributed by atoms with van der Waals surface area (Å²) in [5.74, 6) is 0. The molecule has 2 unspecified atom stereocenters. The van der Waals surface area contributed by atoms with Crippen LogP contribution in [0.3, 0.4) is 0 Å². The quantitative estimate of drug-likeness (QED) is 0.676. The van der Waals surface area contributed by atoms with Gasteiger partial charge in [-0.25, -0.2) is 9.97 Å². The van der Waals surface area contributed by atoms with Crippen LogP contribution in [0.1, 0.15) is 34.7 Å². The molecular formula is C16H20ClN3S. The van der Waals surface area contributed by atoms with Crippen molar-refractivity contribution in [2.24, 2.45) is 5.73 Å². The van der Waals surface area contributed by atoms with Crippen LogP contribution in [0.2, 0.25) is 5.02 Å². The fourth-order valence-electron chi connectivity index (χ4n) is 2.07. The van der Waals surface area contributed by atoms with Crippen LogP contribution in [0, 0.1) is 20.8 Å². The molecule has 2 N–H and O–H groups in total. The zero-order valence-electron chi connectivity index (χ0n) is 12.7. The summed E-state index contributed by atoms with van der Waals surface area (Å²) in [7, 11) is 0. The average Bonchev–Trinajstić information content (AvgIpc) is 2.41. The first-order valence-corrected chi connectivity index (χ1v) is 8.13. The Morgan fingerprint density at radius 2 is 1.76 bits per heavy atom. The molecule has 0 aliphatic carbocycles. The summed E-state index contributed by atoms with van der Waals surface area (Å²) in [6.07, 6.45) is 0. The molecule has 3 nitrogen and oxygen atoms in total. The number of hydrogen-bond donors (Lipinski definition) is 1. The Labute approximate surface area is 135 Å². The molecule has 0 spiro atoms. The molecule has 0 fully saturated rings. The number of halogens is 1. The smallest absolute Gasteiger partial charge is 0.188 e. The maximum atomic E-state index is 6.15. The number of nitrogens with two attached hydrogens (primary N) is 1.